The topological polar surface area (TPSA) is 74.2 Å². The van der Waals surface area contributed by atoms with Crippen molar-refractivity contribution in [2.75, 3.05) is 19.8 Å². The monoisotopic (exact) mass is 372 g/mol. The Morgan fingerprint density at radius 3 is 2.05 bits per heavy atom. The van der Waals surface area contributed by atoms with Crippen LogP contribution in [0.2, 0.25) is 0 Å². The number of hydrogen-bond donors (Lipinski definition) is 1. The van der Waals surface area contributed by atoms with Crippen molar-refractivity contribution in [1.29, 1.82) is 0 Å². The van der Waals surface area contributed by atoms with Gasteiger partial charge in [-0.05, 0) is 20.8 Å². The lowest BCUT2D eigenvalue weighted by molar-refractivity contribution is -0.0603. The average molecular weight is 374 g/mol. The number of halogens is 3. The van der Waals surface area contributed by atoms with E-state index in [1.54, 1.807) is 13.8 Å². The SMILES string of the molecule is CC(O)COC(C)COC(C)CO[PH](=O)OC(Cl)(Cl)Cl. The lowest BCUT2D eigenvalue weighted by Crippen LogP contribution is -2.25. The van der Waals surface area contributed by atoms with Crippen LogP contribution in [-0.2, 0) is 23.1 Å². The van der Waals surface area contributed by atoms with E-state index in [1.807, 2.05) is 6.92 Å². The van der Waals surface area contributed by atoms with Crippen molar-refractivity contribution in [2.45, 2.75) is 43.1 Å². The van der Waals surface area contributed by atoms with Crippen LogP contribution in [-0.4, -0.2) is 47.2 Å². The molecule has 0 aliphatic rings. The van der Waals surface area contributed by atoms with Gasteiger partial charge >= 0.3 is 12.2 Å². The fourth-order valence-corrected chi connectivity index (χ4v) is 2.19. The molecule has 0 aromatic rings. The molecule has 0 saturated carbocycles. The molecule has 0 rings (SSSR count). The second-order valence-corrected chi connectivity index (χ2v) is 7.42. The summed E-state index contributed by atoms with van der Waals surface area (Å²) >= 11 is 15.9. The number of aliphatic hydroxyl groups is 1. The van der Waals surface area contributed by atoms with E-state index >= 15 is 0 Å². The van der Waals surface area contributed by atoms with E-state index in [0.29, 0.717) is 6.61 Å². The van der Waals surface area contributed by atoms with Gasteiger partial charge in [-0.1, -0.05) is 34.8 Å². The zero-order valence-electron chi connectivity index (χ0n) is 11.5. The molecular formula is C10H20Cl3O6P. The summed E-state index contributed by atoms with van der Waals surface area (Å²) in [6.07, 6.45) is -1.04. The molecule has 0 aliphatic carbocycles. The molecule has 122 valence electrons. The van der Waals surface area contributed by atoms with Crippen LogP contribution in [0.3, 0.4) is 0 Å². The Bertz CT molecular complexity index is 287. The minimum atomic E-state index is -2.89. The van der Waals surface area contributed by atoms with Crippen LogP contribution in [0.1, 0.15) is 20.8 Å². The third-order valence-electron chi connectivity index (χ3n) is 1.87. The van der Waals surface area contributed by atoms with Gasteiger partial charge in [0.15, 0.2) is 0 Å². The van der Waals surface area contributed by atoms with Gasteiger partial charge in [-0.2, -0.15) is 0 Å². The smallest absolute Gasteiger partial charge is 0.322 e. The quantitative estimate of drug-likeness (QED) is 0.469. The largest absolute Gasteiger partial charge is 0.391 e. The first kappa shape index (κ1) is 20.9. The van der Waals surface area contributed by atoms with Crippen LogP contribution in [0.15, 0.2) is 0 Å². The molecule has 6 nitrogen and oxygen atoms in total. The molecule has 1 N–H and O–H groups in total. The maximum atomic E-state index is 11.3. The molecule has 4 unspecified atom stereocenters. The van der Waals surface area contributed by atoms with Crippen LogP contribution in [0.25, 0.3) is 0 Å². The highest BCUT2D eigenvalue weighted by atomic mass is 35.6. The molecule has 0 spiro atoms. The summed E-state index contributed by atoms with van der Waals surface area (Å²) in [5.74, 6) is 0. The van der Waals surface area contributed by atoms with Crippen molar-refractivity contribution in [3.8, 4) is 0 Å². The summed E-state index contributed by atoms with van der Waals surface area (Å²) in [7, 11) is -2.89. The van der Waals surface area contributed by atoms with Crippen molar-refractivity contribution >= 4 is 43.1 Å². The highest BCUT2D eigenvalue weighted by Gasteiger charge is 2.24. The van der Waals surface area contributed by atoms with Gasteiger partial charge in [0.25, 0.3) is 0 Å². The first-order chi connectivity index (χ1) is 9.10. The fraction of sp³-hybridized carbons (Fsp3) is 1.00. The van der Waals surface area contributed by atoms with Crippen LogP contribution < -0.4 is 0 Å². The van der Waals surface area contributed by atoms with E-state index in [9.17, 15) is 4.57 Å². The zero-order chi connectivity index (χ0) is 15.8. The first-order valence-electron chi connectivity index (χ1n) is 5.94. The van der Waals surface area contributed by atoms with Gasteiger partial charge in [0.1, 0.15) is 0 Å². The molecular weight excluding hydrogens is 353 g/mol. The summed E-state index contributed by atoms with van der Waals surface area (Å²) in [6.45, 7) is 5.74. The summed E-state index contributed by atoms with van der Waals surface area (Å²) in [5.41, 5.74) is 0. The Balaban J connectivity index is 3.73. The van der Waals surface area contributed by atoms with Gasteiger partial charge in [0.2, 0.25) is 0 Å². The molecule has 0 radical (unpaired) electrons. The summed E-state index contributed by atoms with van der Waals surface area (Å²) in [4.78, 5) is 0. The molecule has 0 bridgehead atoms. The number of aliphatic hydroxyl groups excluding tert-OH is 1. The maximum Gasteiger partial charge on any atom is 0.322 e. The van der Waals surface area contributed by atoms with Gasteiger partial charge in [0.05, 0.1) is 38.1 Å². The van der Waals surface area contributed by atoms with Crippen LogP contribution >= 0.6 is 43.1 Å². The van der Waals surface area contributed by atoms with Gasteiger partial charge in [-0.15, -0.1) is 0 Å². The Kier molecular flexibility index (Phi) is 11.1. The molecule has 0 aromatic carbocycles. The predicted octanol–water partition coefficient (Wildman–Crippen LogP) is 2.93. The van der Waals surface area contributed by atoms with Crippen LogP contribution in [0, 0.1) is 0 Å². The maximum absolute atomic E-state index is 11.3. The molecule has 10 heteroatoms. The fourth-order valence-electron chi connectivity index (χ4n) is 1.01. The van der Waals surface area contributed by atoms with Crippen LogP contribution in [0.5, 0.6) is 0 Å². The standard InChI is InChI=1S/C10H20Cl3O6P/c1-7(14)4-16-8(2)5-17-9(3)6-18-20(15)19-10(11,12)13/h7-9,14,20H,4-6H2,1-3H3. The lowest BCUT2D eigenvalue weighted by atomic mass is 10.4. The molecule has 0 aliphatic heterocycles. The highest BCUT2D eigenvalue weighted by molar-refractivity contribution is 7.33. The molecule has 0 heterocycles. The van der Waals surface area contributed by atoms with Crippen molar-refractivity contribution in [3.05, 3.63) is 0 Å². The van der Waals surface area contributed by atoms with Gasteiger partial charge in [-0.3, -0.25) is 9.09 Å². The molecule has 0 amide bonds. The third-order valence-corrected chi connectivity index (χ3v) is 3.37. The van der Waals surface area contributed by atoms with Crippen molar-refractivity contribution in [1.82, 2.24) is 0 Å². The van der Waals surface area contributed by atoms with Crippen molar-refractivity contribution in [2.24, 2.45) is 0 Å². The average Bonchev–Trinajstić information content (AvgIpc) is 2.29. The Hall–Kier alpha value is 0.900. The van der Waals surface area contributed by atoms with E-state index in [-0.39, 0.29) is 25.4 Å². The zero-order valence-corrected chi connectivity index (χ0v) is 14.7. The van der Waals surface area contributed by atoms with Gasteiger partial charge in [-0.25, -0.2) is 0 Å². The third kappa shape index (κ3) is 13.9. The number of hydrogen-bond acceptors (Lipinski definition) is 6. The van der Waals surface area contributed by atoms with Crippen molar-refractivity contribution in [3.63, 3.8) is 0 Å². The Morgan fingerprint density at radius 2 is 1.55 bits per heavy atom. The number of rotatable bonds is 10. The lowest BCUT2D eigenvalue weighted by Gasteiger charge is -2.18. The first-order valence-corrected chi connectivity index (χ1v) is 8.29. The Labute approximate surface area is 134 Å². The number of alkyl halides is 3. The predicted molar refractivity (Wildman–Crippen MR) is 78.8 cm³/mol. The van der Waals surface area contributed by atoms with Crippen molar-refractivity contribution < 1.29 is 28.2 Å². The van der Waals surface area contributed by atoms with E-state index in [1.165, 1.54) is 0 Å². The van der Waals surface area contributed by atoms with Gasteiger partial charge < -0.3 is 19.1 Å². The Morgan fingerprint density at radius 1 is 1.05 bits per heavy atom. The van der Waals surface area contributed by atoms with Crippen LogP contribution in [0.4, 0.5) is 0 Å². The summed E-state index contributed by atoms with van der Waals surface area (Å²) in [6, 6.07) is 0. The molecule has 20 heavy (non-hydrogen) atoms. The van der Waals surface area contributed by atoms with E-state index in [2.05, 4.69) is 4.52 Å². The number of ether oxygens (including phenoxy) is 2. The molecule has 4 atom stereocenters. The second kappa shape index (κ2) is 10.6. The normalized spacial score (nSPS) is 18.6. The minimum absolute atomic E-state index is 0.0294. The van der Waals surface area contributed by atoms with E-state index < -0.39 is 18.3 Å². The summed E-state index contributed by atoms with van der Waals surface area (Å²) in [5, 5.41) is 9.05. The molecule has 0 saturated heterocycles. The highest BCUT2D eigenvalue weighted by Crippen LogP contribution is 2.39. The molecule has 0 fully saturated rings. The minimum Gasteiger partial charge on any atom is -0.391 e. The van der Waals surface area contributed by atoms with E-state index in [0.717, 1.165) is 0 Å². The summed E-state index contributed by atoms with van der Waals surface area (Å²) < 4.78 is 29.3. The second-order valence-electron chi connectivity index (χ2n) is 4.25. The molecule has 0 aromatic heterocycles. The van der Waals surface area contributed by atoms with E-state index in [4.69, 9.17) is 53.9 Å². The van der Waals surface area contributed by atoms with Gasteiger partial charge in [0, 0.05) is 0 Å².